The van der Waals surface area contributed by atoms with Crippen molar-refractivity contribution in [2.24, 2.45) is 11.8 Å². The fraction of sp³-hybridized carbons (Fsp3) is 0.533. The Bertz CT molecular complexity index is 628. The van der Waals surface area contributed by atoms with Crippen LogP contribution >= 0.6 is 0 Å². The number of esters is 3. The molecular weight excluding hydrogens is 292 g/mol. The zero-order valence-electron chi connectivity index (χ0n) is 12.4. The zero-order valence-corrected chi connectivity index (χ0v) is 12.4. The summed E-state index contributed by atoms with van der Waals surface area (Å²) >= 11 is 0. The van der Waals surface area contributed by atoms with Gasteiger partial charge in [0.2, 0.25) is 0 Å². The van der Waals surface area contributed by atoms with Crippen LogP contribution < -0.4 is 0 Å². The number of ether oxygens (including phenoxy) is 3. The minimum Gasteiger partial charge on any atom is -0.454 e. The van der Waals surface area contributed by atoms with Crippen molar-refractivity contribution < 1.29 is 33.7 Å². The fourth-order valence-electron chi connectivity index (χ4n) is 3.29. The molecule has 0 bridgehead atoms. The topological polar surface area (TPSA) is 99.1 Å². The molecule has 0 aromatic rings. The van der Waals surface area contributed by atoms with E-state index in [1.807, 2.05) is 0 Å². The molecule has 118 valence electrons. The van der Waals surface area contributed by atoms with Gasteiger partial charge in [-0.1, -0.05) is 6.08 Å². The molecule has 1 aliphatic carbocycles. The molecule has 1 saturated carbocycles. The van der Waals surface area contributed by atoms with Gasteiger partial charge in [0, 0.05) is 5.57 Å². The molecule has 2 fully saturated rings. The van der Waals surface area contributed by atoms with Crippen LogP contribution in [0, 0.1) is 11.8 Å². The molecule has 3 rings (SSSR count). The summed E-state index contributed by atoms with van der Waals surface area (Å²) in [4.78, 5) is 35.8. The Morgan fingerprint density at radius 3 is 2.77 bits per heavy atom. The first-order valence-corrected chi connectivity index (χ1v) is 6.96. The molecule has 7 nitrogen and oxygen atoms in total. The van der Waals surface area contributed by atoms with Gasteiger partial charge < -0.3 is 19.3 Å². The van der Waals surface area contributed by atoms with E-state index in [1.54, 1.807) is 19.9 Å². The highest BCUT2D eigenvalue weighted by Gasteiger charge is 2.69. The summed E-state index contributed by atoms with van der Waals surface area (Å²) in [6.45, 7) is 4.63. The van der Waals surface area contributed by atoms with Crippen LogP contribution in [0.3, 0.4) is 0 Å². The van der Waals surface area contributed by atoms with Crippen LogP contribution in [0.4, 0.5) is 0 Å². The van der Waals surface area contributed by atoms with E-state index in [0.717, 1.165) is 6.26 Å². The van der Waals surface area contributed by atoms with Gasteiger partial charge in [-0.05, 0) is 20.8 Å². The van der Waals surface area contributed by atoms with Crippen LogP contribution in [0.25, 0.3) is 0 Å². The Labute approximate surface area is 126 Å². The average molecular weight is 308 g/mol. The quantitative estimate of drug-likeness (QED) is 0.443. The minimum absolute atomic E-state index is 0.191. The molecule has 1 N–H and O–H groups in total. The highest BCUT2D eigenvalue weighted by atomic mass is 16.6. The average Bonchev–Trinajstić information content (AvgIpc) is 2.89. The molecule has 3 aliphatic rings. The van der Waals surface area contributed by atoms with E-state index < -0.39 is 47.6 Å². The SMILES string of the molecule is C/C=C(\C)C(=O)O[C@H]1[C@H]2OC(=O)C3=COC(=O)[C@@H]([C@@H]32)[C@@]1(C)O. The number of aliphatic hydroxyl groups is 1. The molecule has 0 aromatic heterocycles. The molecule has 0 unspecified atom stereocenters. The summed E-state index contributed by atoms with van der Waals surface area (Å²) in [7, 11) is 0. The maximum atomic E-state index is 12.0. The van der Waals surface area contributed by atoms with Crippen LogP contribution in [-0.2, 0) is 28.6 Å². The van der Waals surface area contributed by atoms with E-state index >= 15 is 0 Å². The lowest BCUT2D eigenvalue weighted by Crippen LogP contribution is -2.49. The van der Waals surface area contributed by atoms with Gasteiger partial charge in [-0.3, -0.25) is 4.79 Å². The maximum absolute atomic E-state index is 12.0. The summed E-state index contributed by atoms with van der Waals surface area (Å²) in [6.07, 6.45) is 0.605. The van der Waals surface area contributed by atoms with E-state index in [9.17, 15) is 19.5 Å². The monoisotopic (exact) mass is 308 g/mol. The van der Waals surface area contributed by atoms with Crippen molar-refractivity contribution in [3.05, 3.63) is 23.5 Å². The Kier molecular flexibility index (Phi) is 3.14. The number of allylic oxidation sites excluding steroid dienone is 1. The van der Waals surface area contributed by atoms with Gasteiger partial charge in [0.05, 0.1) is 11.5 Å². The first-order valence-electron chi connectivity index (χ1n) is 6.96. The van der Waals surface area contributed by atoms with Gasteiger partial charge in [0.15, 0.2) is 6.10 Å². The summed E-state index contributed by atoms with van der Waals surface area (Å²) in [5, 5.41) is 10.7. The number of carbonyl (C=O) groups is 3. The first kappa shape index (κ1) is 14.8. The lowest BCUT2D eigenvalue weighted by atomic mass is 9.82. The largest absolute Gasteiger partial charge is 0.454 e. The van der Waals surface area contributed by atoms with Gasteiger partial charge in [-0.15, -0.1) is 0 Å². The Morgan fingerprint density at radius 1 is 1.45 bits per heavy atom. The first-order chi connectivity index (χ1) is 10.3. The summed E-state index contributed by atoms with van der Waals surface area (Å²) < 4.78 is 15.4. The van der Waals surface area contributed by atoms with E-state index in [0.29, 0.717) is 5.57 Å². The zero-order chi connectivity index (χ0) is 16.2. The second-order valence-corrected chi connectivity index (χ2v) is 5.91. The van der Waals surface area contributed by atoms with Gasteiger partial charge in [0.25, 0.3) is 0 Å². The third-order valence-corrected chi connectivity index (χ3v) is 4.60. The van der Waals surface area contributed by atoms with Crippen molar-refractivity contribution >= 4 is 17.9 Å². The second-order valence-electron chi connectivity index (χ2n) is 5.91. The molecule has 22 heavy (non-hydrogen) atoms. The molecule has 2 heterocycles. The summed E-state index contributed by atoms with van der Waals surface area (Å²) in [5.74, 6) is -3.58. The molecule has 2 aliphatic heterocycles. The third-order valence-electron chi connectivity index (χ3n) is 4.60. The predicted molar refractivity (Wildman–Crippen MR) is 71.0 cm³/mol. The lowest BCUT2D eigenvalue weighted by Gasteiger charge is -2.32. The summed E-state index contributed by atoms with van der Waals surface area (Å²) in [5.41, 5.74) is -1.14. The second kappa shape index (κ2) is 4.67. The van der Waals surface area contributed by atoms with E-state index in [-0.39, 0.29) is 5.57 Å². The number of cyclic esters (lactones) is 1. The number of rotatable bonds is 2. The summed E-state index contributed by atoms with van der Waals surface area (Å²) in [6, 6.07) is 0. The molecule has 1 saturated heterocycles. The van der Waals surface area contributed by atoms with Gasteiger partial charge in [0.1, 0.15) is 23.9 Å². The van der Waals surface area contributed by atoms with E-state index in [1.165, 1.54) is 6.92 Å². The lowest BCUT2D eigenvalue weighted by molar-refractivity contribution is -0.178. The highest BCUT2D eigenvalue weighted by Crippen LogP contribution is 2.52. The van der Waals surface area contributed by atoms with Gasteiger partial charge >= 0.3 is 17.9 Å². The molecule has 0 aromatic carbocycles. The standard InChI is InChI=1S/C15H16O7/c1-4-6(2)12(16)22-11-10-8-7(13(17)21-10)5-20-14(18)9(8)15(11,3)19/h4-5,8-11,19H,1-3H3/b6-4+/t8-,9-,10+,11+,15-/m1/s1. The third kappa shape index (κ3) is 1.81. The molecular formula is C15H16O7. The van der Waals surface area contributed by atoms with Crippen LogP contribution in [0.2, 0.25) is 0 Å². The molecule has 0 amide bonds. The van der Waals surface area contributed by atoms with E-state index in [4.69, 9.17) is 14.2 Å². The fourth-order valence-corrected chi connectivity index (χ4v) is 3.29. The van der Waals surface area contributed by atoms with E-state index in [2.05, 4.69) is 0 Å². The normalized spacial score (nSPS) is 39.8. The minimum atomic E-state index is -1.68. The van der Waals surface area contributed by atoms with Gasteiger partial charge in [-0.2, -0.15) is 0 Å². The van der Waals surface area contributed by atoms with Crippen LogP contribution in [0.15, 0.2) is 23.5 Å². The molecule has 0 radical (unpaired) electrons. The van der Waals surface area contributed by atoms with Crippen molar-refractivity contribution in [1.29, 1.82) is 0 Å². The Balaban J connectivity index is 1.99. The highest BCUT2D eigenvalue weighted by molar-refractivity contribution is 5.96. The van der Waals surface area contributed by atoms with Crippen LogP contribution in [0.1, 0.15) is 20.8 Å². The van der Waals surface area contributed by atoms with Gasteiger partial charge in [-0.25, -0.2) is 9.59 Å². The molecule has 7 heteroatoms. The van der Waals surface area contributed by atoms with Crippen LogP contribution in [-0.4, -0.2) is 40.8 Å². The predicted octanol–water partition coefficient (Wildman–Crippen LogP) is 0.227. The maximum Gasteiger partial charge on any atom is 0.338 e. The van der Waals surface area contributed by atoms with Crippen molar-refractivity contribution in [2.45, 2.75) is 38.6 Å². The smallest absolute Gasteiger partial charge is 0.338 e. The van der Waals surface area contributed by atoms with Crippen molar-refractivity contribution in [2.75, 3.05) is 0 Å². The Hall–Kier alpha value is -2.15. The van der Waals surface area contributed by atoms with Crippen molar-refractivity contribution in [3.8, 4) is 0 Å². The molecule has 5 atom stereocenters. The van der Waals surface area contributed by atoms with Crippen LogP contribution in [0.5, 0.6) is 0 Å². The molecule has 0 spiro atoms. The number of hydrogen-bond donors (Lipinski definition) is 1. The van der Waals surface area contributed by atoms with Crippen molar-refractivity contribution in [3.63, 3.8) is 0 Å². The number of carbonyl (C=O) groups excluding carboxylic acids is 3. The van der Waals surface area contributed by atoms with Crippen molar-refractivity contribution in [1.82, 2.24) is 0 Å². The Morgan fingerprint density at radius 2 is 2.14 bits per heavy atom. The number of hydrogen-bond acceptors (Lipinski definition) is 7.